The molecule has 0 spiro atoms. The van der Waals surface area contributed by atoms with Crippen LogP contribution in [0.15, 0.2) is 48.5 Å². The molecular formula is C22H25NO7. The topological polar surface area (TPSA) is 108 Å². The highest BCUT2D eigenvalue weighted by Gasteiger charge is 2.61. The number of carbonyl (C=O) groups is 1. The van der Waals surface area contributed by atoms with E-state index in [1.165, 1.54) is 25.3 Å². The van der Waals surface area contributed by atoms with E-state index in [2.05, 4.69) is 0 Å². The van der Waals surface area contributed by atoms with Gasteiger partial charge in [-0.15, -0.1) is 0 Å². The van der Waals surface area contributed by atoms with Gasteiger partial charge in [0.2, 0.25) is 18.4 Å². The van der Waals surface area contributed by atoms with Gasteiger partial charge < -0.3 is 19.3 Å². The maximum absolute atomic E-state index is 13.3. The first-order valence-corrected chi connectivity index (χ1v) is 9.52. The van der Waals surface area contributed by atoms with E-state index in [1.54, 1.807) is 30.3 Å². The summed E-state index contributed by atoms with van der Waals surface area (Å²) < 4.78 is 17.0. The van der Waals surface area contributed by atoms with Gasteiger partial charge in [0.05, 0.1) is 13.0 Å². The Kier molecular flexibility index (Phi) is 5.72. The molecule has 3 atom stereocenters. The summed E-state index contributed by atoms with van der Waals surface area (Å²) in [5.41, 5.74) is -1.40. The Morgan fingerprint density at radius 1 is 1.23 bits per heavy atom. The third kappa shape index (κ3) is 3.82. The predicted molar refractivity (Wildman–Crippen MR) is 108 cm³/mol. The number of aromatic hydroxyl groups is 1. The summed E-state index contributed by atoms with van der Waals surface area (Å²) in [6.45, 7) is 4.99. The summed E-state index contributed by atoms with van der Waals surface area (Å²) >= 11 is 0. The van der Waals surface area contributed by atoms with Gasteiger partial charge in [0.15, 0.2) is 11.5 Å². The molecule has 1 aliphatic heterocycles. The van der Waals surface area contributed by atoms with Gasteiger partial charge in [-0.05, 0) is 23.3 Å². The van der Waals surface area contributed by atoms with Crippen LogP contribution in [0.1, 0.15) is 37.8 Å². The monoisotopic (exact) mass is 415 g/mol. The number of hydrogen-bond donors (Lipinski definition) is 1. The van der Waals surface area contributed by atoms with Crippen LogP contribution in [0.5, 0.6) is 11.5 Å². The summed E-state index contributed by atoms with van der Waals surface area (Å²) in [6.07, 6.45) is -0.890. The molecule has 2 aromatic rings. The van der Waals surface area contributed by atoms with Crippen molar-refractivity contribution in [3.63, 3.8) is 0 Å². The maximum Gasteiger partial charge on any atom is 0.346 e. The van der Waals surface area contributed by atoms with E-state index in [0.717, 1.165) is 0 Å². The number of phenols is 1. The van der Waals surface area contributed by atoms with Crippen molar-refractivity contribution in [1.29, 1.82) is 0 Å². The van der Waals surface area contributed by atoms with Crippen molar-refractivity contribution in [1.82, 2.24) is 0 Å². The summed E-state index contributed by atoms with van der Waals surface area (Å²) in [5, 5.41) is 21.6. The molecule has 8 heteroatoms. The van der Waals surface area contributed by atoms with Crippen LogP contribution in [0, 0.1) is 15.5 Å². The van der Waals surface area contributed by atoms with Gasteiger partial charge in [-0.2, -0.15) is 0 Å². The van der Waals surface area contributed by atoms with Crippen LogP contribution in [-0.2, 0) is 19.9 Å². The smallest absolute Gasteiger partial charge is 0.346 e. The molecule has 0 saturated carbocycles. The SMILES string of the molecule is COc1cc([C@H](C[N+](=O)[O-])[C@@]2(c3ccccc3)O[C@H](C(C)(C)C)OC2=O)ccc1O. The lowest BCUT2D eigenvalue weighted by atomic mass is 9.77. The summed E-state index contributed by atoms with van der Waals surface area (Å²) in [4.78, 5) is 24.5. The standard InChI is InChI=1S/C22H25NO7/c1-21(2,3)20-29-19(25)22(30-20,15-8-6-5-7-9-15)16(13-23(26)27)14-10-11-17(24)18(12-14)28-4/h5-12,16,20,24H,13H2,1-4H3/t16-,20+,22+/m0/s1. The Hall–Kier alpha value is -3.13. The number of benzene rings is 2. The van der Waals surface area contributed by atoms with E-state index < -0.39 is 40.7 Å². The van der Waals surface area contributed by atoms with Crippen LogP contribution in [0.4, 0.5) is 0 Å². The second kappa shape index (κ2) is 7.95. The van der Waals surface area contributed by atoms with Crippen LogP contribution >= 0.6 is 0 Å². The molecule has 1 heterocycles. The van der Waals surface area contributed by atoms with Crippen LogP contribution in [0.2, 0.25) is 0 Å². The van der Waals surface area contributed by atoms with Crippen LogP contribution in [-0.4, -0.2) is 35.9 Å². The highest BCUT2D eigenvalue weighted by atomic mass is 16.8. The third-order valence-corrected chi connectivity index (χ3v) is 5.15. The van der Waals surface area contributed by atoms with Crippen molar-refractivity contribution in [3.05, 3.63) is 69.8 Å². The predicted octanol–water partition coefficient (Wildman–Crippen LogP) is 3.60. The van der Waals surface area contributed by atoms with Crippen molar-refractivity contribution in [2.45, 2.75) is 38.6 Å². The molecule has 3 rings (SSSR count). The van der Waals surface area contributed by atoms with E-state index >= 15 is 0 Å². The molecule has 0 aliphatic carbocycles. The molecule has 8 nitrogen and oxygen atoms in total. The second-order valence-corrected chi connectivity index (χ2v) is 8.32. The second-order valence-electron chi connectivity index (χ2n) is 8.32. The van der Waals surface area contributed by atoms with Crippen molar-refractivity contribution in [2.75, 3.05) is 13.7 Å². The van der Waals surface area contributed by atoms with Crippen LogP contribution in [0.25, 0.3) is 0 Å². The van der Waals surface area contributed by atoms with Gasteiger partial charge >= 0.3 is 5.97 Å². The quantitative estimate of drug-likeness (QED) is 0.436. The molecule has 2 aromatic carbocycles. The lowest BCUT2D eigenvalue weighted by Gasteiger charge is -2.33. The number of nitro groups is 1. The summed E-state index contributed by atoms with van der Waals surface area (Å²) in [5.74, 6) is -1.68. The Morgan fingerprint density at radius 3 is 2.43 bits per heavy atom. The first kappa shape index (κ1) is 21.6. The first-order chi connectivity index (χ1) is 14.1. The normalized spacial score (nSPS) is 22.4. The number of ether oxygens (including phenoxy) is 3. The minimum Gasteiger partial charge on any atom is -0.504 e. The first-order valence-electron chi connectivity index (χ1n) is 9.52. The van der Waals surface area contributed by atoms with E-state index in [1.807, 2.05) is 20.8 Å². The molecule has 1 aliphatic rings. The van der Waals surface area contributed by atoms with E-state index in [-0.39, 0.29) is 11.5 Å². The van der Waals surface area contributed by atoms with Gasteiger partial charge in [0.1, 0.15) is 0 Å². The molecule has 1 N–H and O–H groups in total. The number of rotatable bonds is 6. The van der Waals surface area contributed by atoms with Gasteiger partial charge in [0, 0.05) is 10.3 Å². The molecule has 0 amide bonds. The fourth-order valence-corrected chi connectivity index (χ4v) is 3.61. The third-order valence-electron chi connectivity index (χ3n) is 5.15. The van der Waals surface area contributed by atoms with Crippen LogP contribution < -0.4 is 4.74 Å². The molecule has 0 unspecified atom stereocenters. The summed E-state index contributed by atoms with van der Waals surface area (Å²) in [7, 11) is 1.38. The Balaban J connectivity index is 2.24. The Labute approximate surface area is 174 Å². The van der Waals surface area contributed by atoms with E-state index in [9.17, 15) is 20.0 Å². The van der Waals surface area contributed by atoms with Gasteiger partial charge in [-0.1, -0.05) is 57.2 Å². The molecule has 1 fully saturated rings. The van der Waals surface area contributed by atoms with Crippen molar-refractivity contribution < 1.29 is 29.0 Å². The maximum atomic E-state index is 13.3. The zero-order chi connectivity index (χ0) is 22.1. The number of methoxy groups -OCH3 is 1. The highest BCUT2D eigenvalue weighted by molar-refractivity contribution is 5.84. The number of esters is 1. The highest BCUT2D eigenvalue weighted by Crippen LogP contribution is 2.50. The van der Waals surface area contributed by atoms with Gasteiger partial charge in [0.25, 0.3) is 0 Å². The molecule has 0 aromatic heterocycles. The Morgan fingerprint density at radius 2 is 1.90 bits per heavy atom. The van der Waals surface area contributed by atoms with Gasteiger partial charge in [-0.3, -0.25) is 10.1 Å². The Bertz CT molecular complexity index is 938. The summed E-state index contributed by atoms with van der Waals surface area (Å²) in [6, 6.07) is 13.0. The molecule has 0 bridgehead atoms. The molecule has 0 radical (unpaired) electrons. The average molecular weight is 415 g/mol. The van der Waals surface area contributed by atoms with Crippen molar-refractivity contribution in [3.8, 4) is 11.5 Å². The van der Waals surface area contributed by atoms with E-state index in [4.69, 9.17) is 14.2 Å². The number of nitrogens with zero attached hydrogens (tertiary/aromatic N) is 1. The largest absolute Gasteiger partial charge is 0.504 e. The number of phenolic OH excluding ortho intramolecular Hbond substituents is 1. The number of hydrogen-bond acceptors (Lipinski definition) is 7. The molecule has 160 valence electrons. The van der Waals surface area contributed by atoms with Crippen LogP contribution in [0.3, 0.4) is 0 Å². The number of carbonyl (C=O) groups excluding carboxylic acids is 1. The molecule has 1 saturated heterocycles. The lowest BCUT2D eigenvalue weighted by Crippen LogP contribution is -2.43. The van der Waals surface area contributed by atoms with Gasteiger partial charge in [-0.25, -0.2) is 4.79 Å². The lowest BCUT2D eigenvalue weighted by molar-refractivity contribution is -0.487. The number of cyclic esters (lactones) is 1. The fraction of sp³-hybridized carbons (Fsp3) is 0.409. The minimum absolute atomic E-state index is 0.114. The van der Waals surface area contributed by atoms with E-state index in [0.29, 0.717) is 11.1 Å². The van der Waals surface area contributed by atoms with Crippen molar-refractivity contribution >= 4 is 5.97 Å². The molecule has 30 heavy (non-hydrogen) atoms. The van der Waals surface area contributed by atoms with Crippen molar-refractivity contribution in [2.24, 2.45) is 5.41 Å². The zero-order valence-electron chi connectivity index (χ0n) is 17.3. The molecular weight excluding hydrogens is 390 g/mol. The fourth-order valence-electron chi connectivity index (χ4n) is 3.61. The zero-order valence-corrected chi connectivity index (χ0v) is 17.3. The average Bonchev–Trinajstić information content (AvgIpc) is 3.06. The minimum atomic E-state index is -1.73.